The summed E-state index contributed by atoms with van der Waals surface area (Å²) < 4.78 is 11.3. The van der Waals surface area contributed by atoms with E-state index in [0.29, 0.717) is 0 Å². The molecule has 1 aliphatic rings. The van der Waals surface area contributed by atoms with Crippen molar-refractivity contribution in [1.29, 1.82) is 0 Å². The van der Waals surface area contributed by atoms with Crippen molar-refractivity contribution in [1.82, 2.24) is 9.55 Å². The molecule has 0 aliphatic carbocycles. The smallest absolute Gasteiger partial charge is 0.330 e. The number of hydrogen-bond donors (Lipinski definition) is 4. The third-order valence-corrected chi connectivity index (χ3v) is 2.90. The minimum atomic E-state index is -1.34. The van der Waals surface area contributed by atoms with Crippen molar-refractivity contribution < 1.29 is 24.5 Å². The largest absolute Gasteiger partial charge is 0.387 e. The lowest BCUT2D eigenvalue weighted by atomic mass is 10.1. The van der Waals surface area contributed by atoms with E-state index in [0.717, 1.165) is 10.6 Å². The third-order valence-electron chi connectivity index (χ3n) is 2.90. The molecule has 20 heavy (non-hydrogen) atoms. The van der Waals surface area contributed by atoms with Crippen LogP contribution in [-0.2, 0) is 14.3 Å². The minimum absolute atomic E-state index is 0.0793. The van der Waals surface area contributed by atoms with E-state index in [4.69, 9.17) is 15.4 Å². The molecule has 1 saturated heterocycles. The van der Waals surface area contributed by atoms with Gasteiger partial charge in [-0.3, -0.25) is 19.2 Å². The molecule has 0 bridgehead atoms. The number of H-pyrrole nitrogens is 1. The van der Waals surface area contributed by atoms with Gasteiger partial charge in [-0.2, -0.15) is 0 Å². The molecule has 1 aliphatic heterocycles. The maximum Gasteiger partial charge on any atom is 0.330 e. The number of rotatable bonds is 5. The molecule has 10 heteroatoms. The minimum Gasteiger partial charge on any atom is -0.387 e. The first-order chi connectivity index (χ1) is 9.54. The van der Waals surface area contributed by atoms with Crippen LogP contribution in [0.3, 0.4) is 0 Å². The van der Waals surface area contributed by atoms with Crippen molar-refractivity contribution in [3.63, 3.8) is 0 Å². The van der Waals surface area contributed by atoms with E-state index < -0.39 is 35.8 Å². The van der Waals surface area contributed by atoms with E-state index in [1.807, 2.05) is 4.98 Å². The number of ether oxygens (including phenoxy) is 2. The fourth-order valence-corrected chi connectivity index (χ4v) is 1.94. The van der Waals surface area contributed by atoms with E-state index in [9.17, 15) is 19.8 Å². The number of hydrogen-bond acceptors (Lipinski definition) is 8. The lowest BCUT2D eigenvalue weighted by Gasteiger charge is -2.16. The van der Waals surface area contributed by atoms with Crippen LogP contribution in [0.2, 0.25) is 0 Å². The van der Waals surface area contributed by atoms with E-state index >= 15 is 0 Å². The topological polar surface area (TPSA) is 149 Å². The normalized spacial score (nSPS) is 29.8. The molecule has 5 N–H and O–H groups in total. The van der Waals surface area contributed by atoms with Crippen molar-refractivity contribution in [2.75, 3.05) is 13.4 Å². The second kappa shape index (κ2) is 6.26. The summed E-state index contributed by atoms with van der Waals surface area (Å²) in [7, 11) is 0. The molecule has 2 heterocycles. The molecule has 1 fully saturated rings. The van der Waals surface area contributed by atoms with Crippen molar-refractivity contribution >= 4 is 0 Å². The van der Waals surface area contributed by atoms with E-state index in [-0.39, 0.29) is 13.4 Å². The Morgan fingerprint density at radius 2 is 2.15 bits per heavy atom. The van der Waals surface area contributed by atoms with Crippen molar-refractivity contribution in [3.8, 4) is 0 Å². The number of aromatic nitrogens is 2. The molecule has 0 radical (unpaired) electrons. The number of aliphatic hydroxyl groups excluding tert-OH is 2. The molecular formula is C10H15N3O7. The van der Waals surface area contributed by atoms with Crippen LogP contribution in [0.4, 0.5) is 0 Å². The summed E-state index contributed by atoms with van der Waals surface area (Å²) in [6.45, 7) is -0.282. The summed E-state index contributed by atoms with van der Waals surface area (Å²) in [5.41, 5.74) is -1.32. The van der Waals surface area contributed by atoms with Crippen LogP contribution >= 0.6 is 0 Å². The Kier molecular flexibility index (Phi) is 4.65. The highest BCUT2D eigenvalue weighted by atomic mass is 16.7. The number of aliphatic hydroxyl groups is 2. The molecule has 0 spiro atoms. The SMILES string of the molecule is NOCOC[C@H]1O[C@@H](n2ccc(=O)[nH]c2=O)[C@H](O)[C@@H]1O. The molecule has 2 rings (SSSR count). The Morgan fingerprint density at radius 1 is 1.40 bits per heavy atom. The molecule has 1 aromatic heterocycles. The van der Waals surface area contributed by atoms with Gasteiger partial charge in [0.2, 0.25) is 0 Å². The monoisotopic (exact) mass is 289 g/mol. The maximum absolute atomic E-state index is 11.6. The van der Waals surface area contributed by atoms with Gasteiger partial charge >= 0.3 is 5.69 Å². The van der Waals surface area contributed by atoms with Crippen molar-refractivity contribution in [2.45, 2.75) is 24.5 Å². The molecule has 4 atom stereocenters. The predicted octanol–water partition coefficient (Wildman–Crippen LogP) is -2.98. The summed E-state index contributed by atoms with van der Waals surface area (Å²) in [6.07, 6.45) is -3.40. The lowest BCUT2D eigenvalue weighted by Crippen LogP contribution is -2.37. The summed E-state index contributed by atoms with van der Waals surface area (Å²) in [5.74, 6) is 4.77. The predicted molar refractivity (Wildman–Crippen MR) is 63.3 cm³/mol. The van der Waals surface area contributed by atoms with Crippen LogP contribution < -0.4 is 17.1 Å². The standard InChI is InChI=1S/C10H15N3O7/c11-19-4-18-3-5-7(15)8(16)9(20-5)13-2-1-6(14)12-10(13)17/h1-2,5,7-9,15-16H,3-4,11H2,(H,12,14,17)/t5-,7-,8-,9-/m1/s1. The number of nitrogens with one attached hydrogen (secondary N) is 1. The Hall–Kier alpha value is -1.56. The van der Waals surface area contributed by atoms with Crippen molar-refractivity contribution in [2.24, 2.45) is 5.90 Å². The van der Waals surface area contributed by atoms with Gasteiger partial charge in [0.15, 0.2) is 13.0 Å². The quantitative estimate of drug-likeness (QED) is 0.255. The van der Waals surface area contributed by atoms with Crippen LogP contribution in [0, 0.1) is 0 Å². The molecule has 10 nitrogen and oxygen atoms in total. The first-order valence-electron chi connectivity index (χ1n) is 5.77. The summed E-state index contributed by atoms with van der Waals surface area (Å²) in [5, 5.41) is 19.7. The Bertz CT molecular complexity index is 556. The van der Waals surface area contributed by atoms with Gasteiger partial charge in [-0.15, -0.1) is 0 Å². The molecule has 112 valence electrons. The zero-order chi connectivity index (χ0) is 14.7. The van der Waals surface area contributed by atoms with Gasteiger partial charge in [-0.05, 0) is 0 Å². The zero-order valence-corrected chi connectivity index (χ0v) is 10.3. The highest BCUT2D eigenvalue weighted by Gasteiger charge is 2.44. The first kappa shape index (κ1) is 14.8. The van der Waals surface area contributed by atoms with Crippen LogP contribution in [-0.4, -0.2) is 51.5 Å². The van der Waals surface area contributed by atoms with Gasteiger partial charge in [0, 0.05) is 12.3 Å². The van der Waals surface area contributed by atoms with Gasteiger partial charge in [-0.25, -0.2) is 10.7 Å². The van der Waals surface area contributed by atoms with Crippen LogP contribution in [0.25, 0.3) is 0 Å². The molecule has 0 saturated carbocycles. The second-order valence-corrected chi connectivity index (χ2v) is 4.22. The molecule has 0 amide bonds. The van der Waals surface area contributed by atoms with Gasteiger partial charge in [-0.1, -0.05) is 0 Å². The van der Waals surface area contributed by atoms with Crippen LogP contribution in [0.15, 0.2) is 21.9 Å². The maximum atomic E-state index is 11.6. The lowest BCUT2D eigenvalue weighted by molar-refractivity contribution is -0.112. The van der Waals surface area contributed by atoms with E-state index in [2.05, 4.69) is 4.84 Å². The Morgan fingerprint density at radius 3 is 2.80 bits per heavy atom. The van der Waals surface area contributed by atoms with Crippen molar-refractivity contribution in [3.05, 3.63) is 33.1 Å². The van der Waals surface area contributed by atoms with Gasteiger partial charge in [0.25, 0.3) is 5.56 Å². The fraction of sp³-hybridized carbons (Fsp3) is 0.600. The highest BCUT2D eigenvalue weighted by molar-refractivity contribution is 4.93. The number of nitrogens with two attached hydrogens (primary N) is 1. The zero-order valence-electron chi connectivity index (χ0n) is 10.3. The molecule has 1 aromatic rings. The summed E-state index contributed by atoms with van der Waals surface area (Å²) in [4.78, 5) is 28.8. The Labute approximate surface area is 112 Å². The summed E-state index contributed by atoms with van der Waals surface area (Å²) in [6, 6.07) is 1.11. The van der Waals surface area contributed by atoms with E-state index in [1.54, 1.807) is 0 Å². The highest BCUT2D eigenvalue weighted by Crippen LogP contribution is 2.28. The number of nitrogens with zero attached hydrogens (tertiary/aromatic N) is 1. The van der Waals surface area contributed by atoms with Gasteiger partial charge < -0.3 is 19.7 Å². The van der Waals surface area contributed by atoms with Gasteiger partial charge in [0.05, 0.1) is 6.61 Å². The molecule has 0 unspecified atom stereocenters. The molecular weight excluding hydrogens is 274 g/mol. The summed E-state index contributed by atoms with van der Waals surface area (Å²) >= 11 is 0. The number of aromatic amines is 1. The first-order valence-corrected chi connectivity index (χ1v) is 5.77. The van der Waals surface area contributed by atoms with Crippen LogP contribution in [0.5, 0.6) is 0 Å². The average molecular weight is 289 g/mol. The average Bonchev–Trinajstić information content (AvgIpc) is 2.68. The van der Waals surface area contributed by atoms with E-state index in [1.165, 1.54) is 6.20 Å². The third kappa shape index (κ3) is 2.95. The van der Waals surface area contributed by atoms with Crippen LogP contribution in [0.1, 0.15) is 6.23 Å². The Balaban J connectivity index is 2.13. The second-order valence-electron chi connectivity index (χ2n) is 4.22. The fourth-order valence-electron chi connectivity index (χ4n) is 1.94. The molecule has 0 aromatic carbocycles. The van der Waals surface area contributed by atoms with Gasteiger partial charge in [0.1, 0.15) is 18.3 Å².